The molecule has 1 saturated carbocycles. The van der Waals surface area contributed by atoms with Crippen LogP contribution in [0.1, 0.15) is 19.8 Å². The lowest BCUT2D eigenvalue weighted by molar-refractivity contribution is 0.357. The molecule has 0 saturated heterocycles. The first-order chi connectivity index (χ1) is 7.94. The van der Waals surface area contributed by atoms with Gasteiger partial charge in [0.1, 0.15) is 4.90 Å². The van der Waals surface area contributed by atoms with Gasteiger partial charge in [-0.15, -0.1) is 0 Å². The fourth-order valence-electron chi connectivity index (χ4n) is 1.80. The van der Waals surface area contributed by atoms with Gasteiger partial charge in [-0.05, 0) is 31.7 Å². The van der Waals surface area contributed by atoms with E-state index >= 15 is 0 Å². The molecule has 1 unspecified atom stereocenters. The van der Waals surface area contributed by atoms with Crippen molar-refractivity contribution in [3.05, 3.63) is 23.5 Å². The van der Waals surface area contributed by atoms with Crippen molar-refractivity contribution in [2.24, 2.45) is 5.92 Å². The minimum Gasteiger partial charge on any atom is -0.263 e. The molecule has 1 aliphatic rings. The van der Waals surface area contributed by atoms with Crippen LogP contribution in [0.2, 0.25) is 5.02 Å². The number of hydrogen-bond acceptors (Lipinski definition) is 3. The molecule has 2 rings (SSSR count). The normalized spacial score (nSPS) is 18.4. The van der Waals surface area contributed by atoms with E-state index in [9.17, 15) is 8.42 Å². The largest absolute Gasteiger partial charge is 0.263 e. The zero-order chi connectivity index (χ0) is 12.6. The summed E-state index contributed by atoms with van der Waals surface area (Å²) in [7, 11) is -1.94. The predicted octanol–water partition coefficient (Wildman–Crippen LogP) is 2.15. The number of rotatable bonds is 4. The molecule has 4 nitrogen and oxygen atoms in total. The molecule has 1 fully saturated rings. The molecule has 6 heteroatoms. The molecular weight excluding hydrogens is 260 g/mol. The summed E-state index contributed by atoms with van der Waals surface area (Å²) in [5, 5.41) is 0.217. The Labute approximate surface area is 107 Å². The standard InChI is InChI=1S/C11H15ClN2O2S/c1-8(9-3-4-9)14(2)17(15,16)11-7-13-6-5-10(11)12/h5-9H,3-4H2,1-2H3. The quantitative estimate of drug-likeness (QED) is 0.845. The first-order valence-electron chi connectivity index (χ1n) is 5.52. The molecule has 0 aromatic carbocycles. The Balaban J connectivity index is 2.32. The Kier molecular flexibility index (Phi) is 3.43. The Morgan fingerprint density at radius 2 is 2.18 bits per heavy atom. The lowest BCUT2D eigenvalue weighted by Crippen LogP contribution is -2.36. The molecule has 0 N–H and O–H groups in total. The van der Waals surface area contributed by atoms with Gasteiger partial charge in [0, 0.05) is 25.5 Å². The van der Waals surface area contributed by atoms with Gasteiger partial charge in [0.05, 0.1) is 5.02 Å². The summed E-state index contributed by atoms with van der Waals surface area (Å²) < 4.78 is 26.1. The zero-order valence-corrected chi connectivity index (χ0v) is 11.4. The maximum Gasteiger partial charge on any atom is 0.246 e. The molecule has 17 heavy (non-hydrogen) atoms. The third kappa shape index (κ3) is 2.46. The van der Waals surface area contributed by atoms with Gasteiger partial charge in [0.2, 0.25) is 10.0 Å². The van der Waals surface area contributed by atoms with Crippen molar-refractivity contribution >= 4 is 21.6 Å². The van der Waals surface area contributed by atoms with Gasteiger partial charge in [0.25, 0.3) is 0 Å². The second-order valence-electron chi connectivity index (χ2n) is 4.41. The van der Waals surface area contributed by atoms with Crippen molar-refractivity contribution in [3.8, 4) is 0 Å². The van der Waals surface area contributed by atoms with E-state index in [0.29, 0.717) is 5.92 Å². The van der Waals surface area contributed by atoms with Crippen molar-refractivity contribution in [1.29, 1.82) is 0 Å². The molecule has 1 aromatic heterocycles. The first kappa shape index (κ1) is 12.8. The van der Waals surface area contributed by atoms with Crippen LogP contribution in [0.3, 0.4) is 0 Å². The highest BCUT2D eigenvalue weighted by Crippen LogP contribution is 2.36. The van der Waals surface area contributed by atoms with E-state index < -0.39 is 10.0 Å². The third-order valence-electron chi connectivity index (χ3n) is 3.27. The van der Waals surface area contributed by atoms with Crippen LogP contribution in [0.25, 0.3) is 0 Å². The topological polar surface area (TPSA) is 50.3 Å². The maximum absolute atomic E-state index is 12.3. The molecule has 1 aromatic rings. The van der Waals surface area contributed by atoms with Gasteiger partial charge in [0.15, 0.2) is 0 Å². The fourth-order valence-corrected chi connectivity index (χ4v) is 3.63. The molecule has 1 atom stereocenters. The first-order valence-corrected chi connectivity index (χ1v) is 7.34. The molecule has 0 radical (unpaired) electrons. The van der Waals surface area contributed by atoms with Crippen molar-refractivity contribution in [1.82, 2.24) is 9.29 Å². The summed E-state index contributed by atoms with van der Waals surface area (Å²) in [6, 6.07) is 1.50. The highest BCUT2D eigenvalue weighted by molar-refractivity contribution is 7.89. The highest BCUT2D eigenvalue weighted by Gasteiger charge is 2.36. The Hall–Kier alpha value is -0.650. The van der Waals surface area contributed by atoms with Gasteiger partial charge in [-0.2, -0.15) is 4.31 Å². The van der Waals surface area contributed by atoms with Crippen LogP contribution >= 0.6 is 11.6 Å². The third-order valence-corrected chi connectivity index (χ3v) is 5.68. The number of aromatic nitrogens is 1. The number of hydrogen-bond donors (Lipinski definition) is 0. The van der Waals surface area contributed by atoms with Crippen LogP contribution in [-0.4, -0.2) is 30.8 Å². The summed E-state index contributed by atoms with van der Waals surface area (Å²) in [4.78, 5) is 3.90. The van der Waals surface area contributed by atoms with Gasteiger partial charge >= 0.3 is 0 Å². The molecular formula is C11H15ClN2O2S. The average Bonchev–Trinajstić information content (AvgIpc) is 3.11. The molecule has 1 heterocycles. The summed E-state index contributed by atoms with van der Waals surface area (Å²) in [5.74, 6) is 0.477. The van der Waals surface area contributed by atoms with Crippen LogP contribution < -0.4 is 0 Å². The number of halogens is 1. The van der Waals surface area contributed by atoms with E-state index in [4.69, 9.17) is 11.6 Å². The Morgan fingerprint density at radius 1 is 1.53 bits per heavy atom. The Morgan fingerprint density at radius 3 is 2.71 bits per heavy atom. The lowest BCUT2D eigenvalue weighted by Gasteiger charge is -2.24. The van der Waals surface area contributed by atoms with Crippen molar-refractivity contribution < 1.29 is 8.42 Å². The van der Waals surface area contributed by atoms with E-state index in [2.05, 4.69) is 4.98 Å². The minimum absolute atomic E-state index is 0.0104. The zero-order valence-electron chi connectivity index (χ0n) is 9.80. The second-order valence-corrected chi connectivity index (χ2v) is 6.78. The van der Waals surface area contributed by atoms with E-state index in [0.717, 1.165) is 12.8 Å². The smallest absolute Gasteiger partial charge is 0.246 e. The number of sulfonamides is 1. The van der Waals surface area contributed by atoms with Crippen LogP contribution in [0.5, 0.6) is 0 Å². The predicted molar refractivity (Wildman–Crippen MR) is 66.4 cm³/mol. The molecule has 0 aliphatic heterocycles. The monoisotopic (exact) mass is 274 g/mol. The molecule has 1 aliphatic carbocycles. The van der Waals surface area contributed by atoms with Gasteiger partial charge < -0.3 is 0 Å². The average molecular weight is 275 g/mol. The minimum atomic E-state index is -3.54. The van der Waals surface area contributed by atoms with E-state index in [1.165, 1.54) is 22.8 Å². The fraction of sp³-hybridized carbons (Fsp3) is 0.545. The highest BCUT2D eigenvalue weighted by atomic mass is 35.5. The molecule has 0 amide bonds. The van der Waals surface area contributed by atoms with Crippen molar-refractivity contribution in [3.63, 3.8) is 0 Å². The summed E-state index contributed by atoms with van der Waals surface area (Å²) in [5.41, 5.74) is 0. The number of nitrogens with zero attached hydrogens (tertiary/aromatic N) is 2. The maximum atomic E-state index is 12.3. The van der Waals surface area contributed by atoms with Crippen molar-refractivity contribution in [2.75, 3.05) is 7.05 Å². The van der Waals surface area contributed by atoms with E-state index in [1.807, 2.05) is 6.92 Å². The second kappa shape index (κ2) is 4.55. The van der Waals surface area contributed by atoms with E-state index in [-0.39, 0.29) is 16.0 Å². The summed E-state index contributed by atoms with van der Waals surface area (Å²) in [6.07, 6.45) is 4.98. The van der Waals surface area contributed by atoms with Gasteiger partial charge in [-0.3, -0.25) is 4.98 Å². The number of pyridine rings is 1. The van der Waals surface area contributed by atoms with Crippen molar-refractivity contribution in [2.45, 2.75) is 30.7 Å². The SMILES string of the molecule is CC(C1CC1)N(C)S(=O)(=O)c1cnccc1Cl. The van der Waals surface area contributed by atoms with Crippen LogP contribution in [-0.2, 0) is 10.0 Å². The lowest BCUT2D eigenvalue weighted by atomic mass is 10.2. The molecule has 94 valence electrons. The van der Waals surface area contributed by atoms with Gasteiger partial charge in [-0.1, -0.05) is 11.6 Å². The van der Waals surface area contributed by atoms with Crippen LogP contribution in [0, 0.1) is 5.92 Å². The summed E-state index contributed by atoms with van der Waals surface area (Å²) in [6.45, 7) is 1.93. The molecule has 0 spiro atoms. The van der Waals surface area contributed by atoms with Gasteiger partial charge in [-0.25, -0.2) is 8.42 Å². The molecule has 0 bridgehead atoms. The van der Waals surface area contributed by atoms with Crippen LogP contribution in [0.4, 0.5) is 0 Å². The van der Waals surface area contributed by atoms with E-state index in [1.54, 1.807) is 7.05 Å². The summed E-state index contributed by atoms with van der Waals surface area (Å²) >= 11 is 5.91. The van der Waals surface area contributed by atoms with Crippen LogP contribution in [0.15, 0.2) is 23.4 Å². The Bertz CT molecular complexity index is 514.